The highest BCUT2D eigenvalue weighted by molar-refractivity contribution is 5.77. The van der Waals surface area contributed by atoms with Crippen LogP contribution in [0.25, 0.3) is 0 Å². The lowest BCUT2D eigenvalue weighted by molar-refractivity contribution is -0.138. The molecule has 0 aromatic heterocycles. The summed E-state index contributed by atoms with van der Waals surface area (Å²) < 4.78 is 5.86. The second-order valence-electron chi connectivity index (χ2n) is 6.52. The molecule has 0 fully saturated rings. The molecule has 3 nitrogen and oxygen atoms in total. The number of benzene rings is 3. The van der Waals surface area contributed by atoms with Crippen LogP contribution in [0.3, 0.4) is 0 Å². The van der Waals surface area contributed by atoms with Crippen molar-refractivity contribution in [3.8, 4) is 11.5 Å². The van der Waals surface area contributed by atoms with Crippen LogP contribution in [-0.4, -0.2) is 11.1 Å². The molecule has 132 valence electrons. The Balaban J connectivity index is 1.85. The zero-order valence-electron chi connectivity index (χ0n) is 15.0. The highest BCUT2D eigenvalue weighted by Gasteiger charge is 2.22. The van der Waals surface area contributed by atoms with E-state index in [9.17, 15) is 9.90 Å². The minimum Gasteiger partial charge on any atom is -0.481 e. The molecule has 0 saturated carbocycles. The predicted molar refractivity (Wildman–Crippen MR) is 103 cm³/mol. The van der Waals surface area contributed by atoms with Gasteiger partial charge < -0.3 is 9.84 Å². The summed E-state index contributed by atoms with van der Waals surface area (Å²) in [4.78, 5) is 11.9. The monoisotopic (exact) mass is 346 g/mol. The molecule has 1 N–H and O–H groups in total. The van der Waals surface area contributed by atoms with Gasteiger partial charge in [0.05, 0.1) is 5.92 Å². The van der Waals surface area contributed by atoms with Crippen LogP contribution in [0.5, 0.6) is 11.5 Å². The van der Waals surface area contributed by atoms with Crippen LogP contribution in [0.15, 0.2) is 72.8 Å². The van der Waals surface area contributed by atoms with Gasteiger partial charge in [0.1, 0.15) is 11.5 Å². The van der Waals surface area contributed by atoms with Gasteiger partial charge in [0, 0.05) is 0 Å². The lowest BCUT2D eigenvalue weighted by Gasteiger charge is -2.17. The average Bonchev–Trinajstić information content (AvgIpc) is 2.63. The van der Waals surface area contributed by atoms with Crippen LogP contribution < -0.4 is 4.74 Å². The van der Waals surface area contributed by atoms with Crippen molar-refractivity contribution >= 4 is 5.97 Å². The van der Waals surface area contributed by atoms with Crippen LogP contribution in [0.2, 0.25) is 0 Å². The topological polar surface area (TPSA) is 46.5 Å². The van der Waals surface area contributed by atoms with Crippen molar-refractivity contribution in [3.05, 3.63) is 95.1 Å². The van der Waals surface area contributed by atoms with Crippen molar-refractivity contribution in [1.29, 1.82) is 0 Å². The van der Waals surface area contributed by atoms with Crippen molar-refractivity contribution < 1.29 is 14.6 Å². The third-order valence-corrected chi connectivity index (χ3v) is 4.43. The standard InChI is InChI=1S/C23H22O3/c1-16-11-12-17(2)21(13-16)22(23(24)25)15-18-7-6-10-20(14-18)26-19-8-4-3-5-9-19/h3-14,22H,15H2,1-2H3,(H,24,25). The number of hydrogen-bond acceptors (Lipinski definition) is 2. The van der Waals surface area contributed by atoms with Gasteiger partial charge in [-0.3, -0.25) is 4.79 Å². The van der Waals surface area contributed by atoms with Gasteiger partial charge in [-0.25, -0.2) is 0 Å². The van der Waals surface area contributed by atoms with Gasteiger partial charge in [0.25, 0.3) is 0 Å². The van der Waals surface area contributed by atoms with Crippen molar-refractivity contribution in [1.82, 2.24) is 0 Å². The quantitative estimate of drug-likeness (QED) is 0.640. The first-order valence-electron chi connectivity index (χ1n) is 8.65. The minimum absolute atomic E-state index is 0.422. The van der Waals surface area contributed by atoms with E-state index in [1.165, 1.54) is 0 Å². The fourth-order valence-corrected chi connectivity index (χ4v) is 3.06. The molecular formula is C23H22O3. The summed E-state index contributed by atoms with van der Waals surface area (Å²) in [6.45, 7) is 3.94. The van der Waals surface area contributed by atoms with E-state index in [0.717, 1.165) is 28.0 Å². The van der Waals surface area contributed by atoms with E-state index < -0.39 is 11.9 Å². The molecule has 0 radical (unpaired) electrons. The normalized spacial score (nSPS) is 11.8. The number of aliphatic carboxylic acids is 1. The van der Waals surface area contributed by atoms with Gasteiger partial charge in [-0.1, -0.05) is 54.1 Å². The Bertz CT molecular complexity index is 900. The molecule has 26 heavy (non-hydrogen) atoms. The second kappa shape index (κ2) is 7.87. The maximum atomic E-state index is 11.9. The SMILES string of the molecule is Cc1ccc(C)c(C(Cc2cccc(Oc3ccccc3)c2)C(=O)O)c1. The number of rotatable bonds is 6. The van der Waals surface area contributed by atoms with Crippen LogP contribution in [0.4, 0.5) is 0 Å². The first-order valence-corrected chi connectivity index (χ1v) is 8.65. The van der Waals surface area contributed by atoms with E-state index in [1.54, 1.807) is 0 Å². The molecule has 3 aromatic carbocycles. The molecule has 1 unspecified atom stereocenters. The molecule has 0 saturated heterocycles. The number of carboxylic acid groups (broad SMARTS) is 1. The fraction of sp³-hybridized carbons (Fsp3) is 0.174. The highest BCUT2D eigenvalue weighted by Crippen LogP contribution is 2.28. The van der Waals surface area contributed by atoms with Gasteiger partial charge in [-0.05, 0) is 61.2 Å². The zero-order chi connectivity index (χ0) is 18.5. The van der Waals surface area contributed by atoms with E-state index in [1.807, 2.05) is 86.6 Å². The minimum atomic E-state index is -0.812. The Morgan fingerprint density at radius 3 is 2.38 bits per heavy atom. The largest absolute Gasteiger partial charge is 0.481 e. The van der Waals surface area contributed by atoms with Crippen LogP contribution in [0, 0.1) is 13.8 Å². The van der Waals surface area contributed by atoms with Crippen LogP contribution in [-0.2, 0) is 11.2 Å². The van der Waals surface area contributed by atoms with Crippen molar-refractivity contribution in [2.24, 2.45) is 0 Å². The second-order valence-corrected chi connectivity index (χ2v) is 6.52. The number of para-hydroxylation sites is 1. The molecule has 3 heteroatoms. The zero-order valence-corrected chi connectivity index (χ0v) is 15.0. The molecule has 3 aromatic rings. The number of carbonyl (C=O) groups is 1. The summed E-state index contributed by atoms with van der Waals surface area (Å²) in [6.07, 6.45) is 0.422. The first kappa shape index (κ1) is 17.7. The summed E-state index contributed by atoms with van der Waals surface area (Å²) in [6, 6.07) is 23.1. The fourth-order valence-electron chi connectivity index (χ4n) is 3.06. The number of aryl methyl sites for hydroxylation is 2. The van der Waals surface area contributed by atoms with Crippen molar-refractivity contribution in [2.75, 3.05) is 0 Å². The first-order chi connectivity index (χ1) is 12.5. The third-order valence-electron chi connectivity index (χ3n) is 4.43. The molecule has 0 aliphatic carbocycles. The summed E-state index contributed by atoms with van der Waals surface area (Å²) in [5.41, 5.74) is 3.87. The maximum absolute atomic E-state index is 11.9. The summed E-state index contributed by atoms with van der Waals surface area (Å²) in [5, 5.41) is 9.78. The predicted octanol–water partition coefficient (Wildman–Crippen LogP) is 5.51. The van der Waals surface area contributed by atoms with E-state index in [-0.39, 0.29) is 0 Å². The summed E-state index contributed by atoms with van der Waals surface area (Å²) in [7, 11) is 0. The lowest BCUT2D eigenvalue weighted by atomic mass is 9.88. The Labute approximate surface area is 153 Å². The molecule has 0 aliphatic rings. The van der Waals surface area contributed by atoms with Gasteiger partial charge in [-0.15, -0.1) is 0 Å². The van der Waals surface area contributed by atoms with Gasteiger partial charge in [0.15, 0.2) is 0 Å². The third kappa shape index (κ3) is 4.31. The van der Waals surface area contributed by atoms with Gasteiger partial charge in [0.2, 0.25) is 0 Å². The maximum Gasteiger partial charge on any atom is 0.311 e. The number of carboxylic acids is 1. The number of hydrogen-bond donors (Lipinski definition) is 1. The van der Waals surface area contributed by atoms with Crippen LogP contribution in [0.1, 0.15) is 28.2 Å². The molecule has 0 aliphatic heterocycles. The molecule has 3 rings (SSSR count). The lowest BCUT2D eigenvalue weighted by Crippen LogP contribution is -2.16. The van der Waals surface area contributed by atoms with E-state index >= 15 is 0 Å². The molecule has 0 amide bonds. The van der Waals surface area contributed by atoms with E-state index in [2.05, 4.69) is 0 Å². The molecule has 0 heterocycles. The van der Waals surface area contributed by atoms with Crippen molar-refractivity contribution in [2.45, 2.75) is 26.2 Å². The molecule has 1 atom stereocenters. The van der Waals surface area contributed by atoms with Crippen molar-refractivity contribution in [3.63, 3.8) is 0 Å². The Kier molecular flexibility index (Phi) is 5.37. The Hall–Kier alpha value is -3.07. The smallest absolute Gasteiger partial charge is 0.311 e. The Morgan fingerprint density at radius 1 is 0.923 bits per heavy atom. The molecule has 0 bridgehead atoms. The highest BCUT2D eigenvalue weighted by atomic mass is 16.5. The average molecular weight is 346 g/mol. The Morgan fingerprint density at radius 2 is 1.65 bits per heavy atom. The van der Waals surface area contributed by atoms with Gasteiger partial charge >= 0.3 is 5.97 Å². The van der Waals surface area contributed by atoms with E-state index in [0.29, 0.717) is 12.2 Å². The van der Waals surface area contributed by atoms with Crippen LogP contribution >= 0.6 is 0 Å². The molecule has 0 spiro atoms. The van der Waals surface area contributed by atoms with E-state index in [4.69, 9.17) is 4.74 Å². The summed E-state index contributed by atoms with van der Waals surface area (Å²) >= 11 is 0. The number of ether oxygens (including phenoxy) is 1. The summed E-state index contributed by atoms with van der Waals surface area (Å²) in [5.74, 6) is 0.0720. The van der Waals surface area contributed by atoms with Gasteiger partial charge in [-0.2, -0.15) is 0 Å². The molecular weight excluding hydrogens is 324 g/mol.